The van der Waals surface area contributed by atoms with Crippen molar-refractivity contribution in [3.63, 3.8) is 0 Å². The Balaban J connectivity index is 1.57. The third-order valence-corrected chi connectivity index (χ3v) is 7.61. The van der Waals surface area contributed by atoms with Crippen LogP contribution in [0.15, 0.2) is 71.9 Å². The normalized spacial score (nSPS) is 21.1. The van der Waals surface area contributed by atoms with E-state index in [1.165, 1.54) is 23.1 Å². The van der Waals surface area contributed by atoms with Gasteiger partial charge in [-0.25, -0.2) is 4.98 Å². The number of nitrogens with one attached hydrogen (secondary N) is 1. The number of unbranched alkanes of at least 4 members (excludes halogenated alkanes) is 1. The van der Waals surface area contributed by atoms with Gasteiger partial charge in [0.25, 0.3) is 0 Å². The van der Waals surface area contributed by atoms with Crippen molar-refractivity contribution in [2.45, 2.75) is 71.3 Å². The van der Waals surface area contributed by atoms with Gasteiger partial charge in [0.15, 0.2) is 0 Å². The Kier molecular flexibility index (Phi) is 9.17. The Morgan fingerprint density at radius 2 is 2.00 bits per heavy atom. The van der Waals surface area contributed by atoms with Crippen LogP contribution in [0.1, 0.15) is 71.4 Å². The number of para-hydroxylation sites is 1. The van der Waals surface area contributed by atoms with E-state index in [0.29, 0.717) is 25.4 Å². The summed E-state index contributed by atoms with van der Waals surface area (Å²) in [5, 5.41) is 15.3. The lowest BCUT2D eigenvalue weighted by atomic mass is 9.86. The fourth-order valence-electron chi connectivity index (χ4n) is 5.12. The summed E-state index contributed by atoms with van der Waals surface area (Å²) in [5.74, 6) is 1.20. The Labute approximate surface area is 216 Å². The molecular formula is C32H42N2O2. The maximum atomic E-state index is 10.9. The van der Waals surface area contributed by atoms with Crippen LogP contribution in [-0.2, 0) is 0 Å². The second-order valence-electron chi connectivity index (χ2n) is 10.3. The molecule has 1 aliphatic carbocycles. The topological polar surface area (TPSA) is 54.4 Å². The van der Waals surface area contributed by atoms with Crippen LogP contribution in [0.4, 0.5) is 0 Å². The molecule has 1 aromatic carbocycles. The monoisotopic (exact) mass is 486 g/mol. The van der Waals surface area contributed by atoms with E-state index in [0.717, 1.165) is 61.1 Å². The molecule has 4 rings (SSSR count). The molecule has 2 aliphatic rings. The molecule has 0 amide bonds. The number of nitrogens with zero attached hydrogens (tertiary/aromatic N) is 1. The van der Waals surface area contributed by atoms with E-state index >= 15 is 0 Å². The van der Waals surface area contributed by atoms with Gasteiger partial charge in [-0.1, -0.05) is 74.4 Å². The second kappa shape index (κ2) is 12.5. The summed E-state index contributed by atoms with van der Waals surface area (Å²) < 4.78 is 6.21. The standard InChI is InChI=1S/C32H42N2O2/c1-4-6-10-25-11-7-8-12-26(25)15-17-28(24(3)5-2)29-18-16-27-13-9-14-30(31(27)34-29)36-23-32(35)19-21-33-22-20-32/h7-14,16,18,26,33,35H,4-6,15,17,19-23H2,1-3H3. The molecule has 2 N–H and O–H groups in total. The highest BCUT2D eigenvalue weighted by atomic mass is 16.5. The molecule has 0 saturated carbocycles. The van der Waals surface area contributed by atoms with Gasteiger partial charge in [0, 0.05) is 11.3 Å². The van der Waals surface area contributed by atoms with Gasteiger partial charge < -0.3 is 15.2 Å². The number of aliphatic hydroxyl groups is 1. The summed E-state index contributed by atoms with van der Waals surface area (Å²) in [4.78, 5) is 5.14. The summed E-state index contributed by atoms with van der Waals surface area (Å²) in [7, 11) is 0. The average molecular weight is 487 g/mol. The fraction of sp³-hybridized carbons (Fsp3) is 0.469. The van der Waals surface area contributed by atoms with Crippen molar-refractivity contribution in [1.29, 1.82) is 0 Å². The second-order valence-corrected chi connectivity index (χ2v) is 10.3. The summed E-state index contributed by atoms with van der Waals surface area (Å²) in [6, 6.07) is 10.4. The van der Waals surface area contributed by atoms with E-state index < -0.39 is 5.60 Å². The van der Waals surface area contributed by atoms with E-state index in [4.69, 9.17) is 9.72 Å². The van der Waals surface area contributed by atoms with E-state index in [1.807, 2.05) is 12.1 Å². The zero-order valence-corrected chi connectivity index (χ0v) is 22.2. The molecule has 1 aliphatic heterocycles. The van der Waals surface area contributed by atoms with Crippen molar-refractivity contribution < 1.29 is 9.84 Å². The fourth-order valence-corrected chi connectivity index (χ4v) is 5.12. The Morgan fingerprint density at radius 1 is 1.17 bits per heavy atom. The number of ether oxygens (including phenoxy) is 1. The first kappa shape index (κ1) is 26.4. The van der Waals surface area contributed by atoms with Crippen LogP contribution in [0, 0.1) is 5.92 Å². The molecule has 4 nitrogen and oxygen atoms in total. The zero-order valence-electron chi connectivity index (χ0n) is 22.2. The van der Waals surface area contributed by atoms with Gasteiger partial charge in [-0.15, -0.1) is 0 Å². The molecule has 2 heterocycles. The number of rotatable bonds is 10. The lowest BCUT2D eigenvalue weighted by Gasteiger charge is -2.32. The number of aromatic nitrogens is 1. The Morgan fingerprint density at radius 3 is 2.78 bits per heavy atom. The van der Waals surface area contributed by atoms with E-state index in [1.54, 1.807) is 0 Å². The summed E-state index contributed by atoms with van der Waals surface area (Å²) in [5.41, 5.74) is 5.29. The van der Waals surface area contributed by atoms with Crippen LogP contribution in [0.25, 0.3) is 16.5 Å². The van der Waals surface area contributed by atoms with E-state index in [-0.39, 0.29) is 0 Å². The predicted molar refractivity (Wildman–Crippen MR) is 151 cm³/mol. The predicted octanol–water partition coefficient (Wildman–Crippen LogP) is 7.16. The van der Waals surface area contributed by atoms with Gasteiger partial charge in [-0.2, -0.15) is 0 Å². The van der Waals surface area contributed by atoms with Crippen LogP contribution >= 0.6 is 0 Å². The largest absolute Gasteiger partial charge is 0.488 e. The molecule has 1 unspecified atom stereocenters. The van der Waals surface area contributed by atoms with Crippen molar-refractivity contribution in [2.75, 3.05) is 19.7 Å². The third-order valence-electron chi connectivity index (χ3n) is 7.61. The number of hydrogen-bond acceptors (Lipinski definition) is 4. The van der Waals surface area contributed by atoms with Crippen molar-refractivity contribution in [3.05, 3.63) is 77.6 Å². The molecule has 1 atom stereocenters. The highest BCUT2D eigenvalue weighted by Crippen LogP contribution is 2.33. The molecule has 0 bridgehead atoms. The van der Waals surface area contributed by atoms with Crippen molar-refractivity contribution in [3.8, 4) is 5.75 Å². The first-order chi connectivity index (χ1) is 17.5. The molecule has 1 aromatic heterocycles. The number of benzene rings is 1. The minimum Gasteiger partial charge on any atom is -0.488 e. The molecule has 36 heavy (non-hydrogen) atoms. The molecule has 192 valence electrons. The quantitative estimate of drug-likeness (QED) is 0.374. The zero-order chi connectivity index (χ0) is 25.4. The number of hydrogen-bond donors (Lipinski definition) is 2. The minimum absolute atomic E-state index is 0.296. The molecule has 4 heteroatoms. The number of fused-ring (bicyclic) bond motifs is 1. The number of allylic oxidation sites excluding steroid dienone is 8. The Bertz CT molecular complexity index is 1150. The van der Waals surface area contributed by atoms with Crippen LogP contribution in [0.2, 0.25) is 0 Å². The molecule has 0 spiro atoms. The van der Waals surface area contributed by atoms with Crippen molar-refractivity contribution >= 4 is 16.5 Å². The minimum atomic E-state index is -0.778. The lowest BCUT2D eigenvalue weighted by molar-refractivity contribution is -0.0282. The lowest BCUT2D eigenvalue weighted by Crippen LogP contribution is -2.46. The van der Waals surface area contributed by atoms with Crippen LogP contribution in [-0.4, -0.2) is 35.4 Å². The van der Waals surface area contributed by atoms with Gasteiger partial charge in [-0.3, -0.25) is 0 Å². The molecule has 1 fully saturated rings. The van der Waals surface area contributed by atoms with Gasteiger partial charge >= 0.3 is 0 Å². The van der Waals surface area contributed by atoms with Crippen LogP contribution in [0.5, 0.6) is 5.75 Å². The smallest absolute Gasteiger partial charge is 0.145 e. The summed E-state index contributed by atoms with van der Waals surface area (Å²) in [6.45, 7) is 8.63. The maximum absolute atomic E-state index is 10.9. The molecule has 1 saturated heterocycles. The van der Waals surface area contributed by atoms with E-state index in [2.05, 4.69) is 74.7 Å². The highest BCUT2D eigenvalue weighted by molar-refractivity contribution is 5.86. The number of pyridine rings is 1. The SMILES string of the molecule is CCCC=C1C=CC=CC1CCC(=C(C)CC)c1ccc2cccc(OCC3(O)CCNCC3)c2n1. The van der Waals surface area contributed by atoms with Gasteiger partial charge in [0.2, 0.25) is 0 Å². The van der Waals surface area contributed by atoms with Crippen molar-refractivity contribution in [1.82, 2.24) is 10.3 Å². The first-order valence-corrected chi connectivity index (χ1v) is 13.7. The Hall–Kier alpha value is -2.69. The molecule has 0 radical (unpaired) electrons. The van der Waals surface area contributed by atoms with Crippen molar-refractivity contribution in [2.24, 2.45) is 5.92 Å². The van der Waals surface area contributed by atoms with Gasteiger partial charge in [0.1, 0.15) is 23.5 Å². The highest BCUT2D eigenvalue weighted by Gasteiger charge is 2.30. The maximum Gasteiger partial charge on any atom is 0.145 e. The molecular weight excluding hydrogens is 444 g/mol. The first-order valence-electron chi connectivity index (χ1n) is 13.7. The van der Waals surface area contributed by atoms with Crippen LogP contribution < -0.4 is 10.1 Å². The van der Waals surface area contributed by atoms with Gasteiger partial charge in [-0.05, 0) is 81.8 Å². The average Bonchev–Trinajstić information content (AvgIpc) is 2.91. The number of piperidine rings is 1. The van der Waals surface area contributed by atoms with E-state index in [9.17, 15) is 5.11 Å². The summed E-state index contributed by atoms with van der Waals surface area (Å²) in [6.07, 6.45) is 18.1. The summed E-state index contributed by atoms with van der Waals surface area (Å²) >= 11 is 0. The van der Waals surface area contributed by atoms with Crippen LogP contribution in [0.3, 0.4) is 0 Å². The van der Waals surface area contributed by atoms with Gasteiger partial charge in [0.05, 0.1) is 5.69 Å². The third kappa shape index (κ3) is 6.54. The molecule has 2 aromatic rings.